The average Bonchev–Trinajstić information content (AvgIpc) is 2.82. The van der Waals surface area contributed by atoms with Crippen molar-refractivity contribution in [3.63, 3.8) is 0 Å². The van der Waals surface area contributed by atoms with E-state index in [0.717, 1.165) is 13.1 Å². The summed E-state index contributed by atoms with van der Waals surface area (Å²) in [5.41, 5.74) is 5.64. The second-order valence-electron chi connectivity index (χ2n) is 4.59. The van der Waals surface area contributed by atoms with E-state index in [0.29, 0.717) is 32.8 Å². The number of sulfonamides is 1. The number of hydrogen-bond acceptors (Lipinski definition) is 6. The van der Waals surface area contributed by atoms with Crippen LogP contribution in [0.15, 0.2) is 11.1 Å². The molecule has 1 aliphatic heterocycles. The summed E-state index contributed by atoms with van der Waals surface area (Å²) in [4.78, 5) is 2.20. The van der Waals surface area contributed by atoms with Gasteiger partial charge in [-0.3, -0.25) is 9.58 Å². The number of hydrogen-bond donors (Lipinski definition) is 2. The van der Waals surface area contributed by atoms with Crippen LogP contribution in [0.1, 0.15) is 6.92 Å². The molecule has 0 aromatic carbocycles. The van der Waals surface area contributed by atoms with Gasteiger partial charge >= 0.3 is 0 Å². The van der Waals surface area contributed by atoms with E-state index in [1.54, 1.807) is 0 Å². The highest BCUT2D eigenvalue weighted by Crippen LogP contribution is 2.15. The summed E-state index contributed by atoms with van der Waals surface area (Å²) in [6.45, 7) is 6.51. The third-order valence-electron chi connectivity index (χ3n) is 3.19. The molecule has 20 heavy (non-hydrogen) atoms. The maximum atomic E-state index is 12.1. The highest BCUT2D eigenvalue weighted by molar-refractivity contribution is 7.89. The molecule has 0 amide bonds. The molecular weight excluding hydrogens is 282 g/mol. The molecule has 8 nitrogen and oxygen atoms in total. The summed E-state index contributed by atoms with van der Waals surface area (Å²) < 4.78 is 33.6. The third-order valence-corrected chi connectivity index (χ3v) is 4.67. The Morgan fingerprint density at radius 2 is 2.15 bits per heavy atom. The van der Waals surface area contributed by atoms with Gasteiger partial charge in [-0.05, 0) is 6.92 Å². The quantitative estimate of drug-likeness (QED) is 0.706. The van der Waals surface area contributed by atoms with Crippen molar-refractivity contribution >= 4 is 15.8 Å². The first-order valence-corrected chi connectivity index (χ1v) is 8.14. The first kappa shape index (κ1) is 15.2. The van der Waals surface area contributed by atoms with Crippen LogP contribution in [-0.2, 0) is 21.3 Å². The summed E-state index contributed by atoms with van der Waals surface area (Å²) in [6.07, 6.45) is 1.45. The van der Waals surface area contributed by atoms with Gasteiger partial charge in [0.15, 0.2) is 5.82 Å². The Labute approximate surface area is 118 Å². The van der Waals surface area contributed by atoms with Gasteiger partial charge in [0.25, 0.3) is 0 Å². The fraction of sp³-hybridized carbons (Fsp3) is 0.727. The van der Waals surface area contributed by atoms with Crippen molar-refractivity contribution in [2.75, 3.05) is 45.1 Å². The summed E-state index contributed by atoms with van der Waals surface area (Å²) in [7, 11) is -3.60. The van der Waals surface area contributed by atoms with Gasteiger partial charge in [-0.25, -0.2) is 13.1 Å². The zero-order valence-electron chi connectivity index (χ0n) is 11.6. The number of anilines is 1. The van der Waals surface area contributed by atoms with Gasteiger partial charge in [-0.1, -0.05) is 0 Å². The van der Waals surface area contributed by atoms with Gasteiger partial charge in [0.05, 0.1) is 13.2 Å². The van der Waals surface area contributed by atoms with Crippen LogP contribution in [0.5, 0.6) is 0 Å². The lowest BCUT2D eigenvalue weighted by Crippen LogP contribution is -2.41. The maximum Gasteiger partial charge on any atom is 0.245 e. The molecule has 0 aliphatic carbocycles. The Bertz CT molecular complexity index is 536. The van der Waals surface area contributed by atoms with Crippen LogP contribution >= 0.6 is 0 Å². The molecule has 0 atom stereocenters. The van der Waals surface area contributed by atoms with E-state index in [4.69, 9.17) is 10.5 Å². The fourth-order valence-corrected chi connectivity index (χ4v) is 3.12. The number of aryl methyl sites for hydroxylation is 1. The molecule has 2 heterocycles. The molecule has 0 spiro atoms. The van der Waals surface area contributed by atoms with Crippen LogP contribution in [0.2, 0.25) is 0 Å². The highest BCUT2D eigenvalue weighted by atomic mass is 32.2. The number of nitrogens with zero attached hydrogens (tertiary/aromatic N) is 3. The lowest BCUT2D eigenvalue weighted by molar-refractivity contribution is 0.0390. The van der Waals surface area contributed by atoms with Crippen LogP contribution in [-0.4, -0.2) is 62.5 Å². The van der Waals surface area contributed by atoms with E-state index >= 15 is 0 Å². The van der Waals surface area contributed by atoms with Gasteiger partial charge in [-0.2, -0.15) is 5.10 Å². The van der Waals surface area contributed by atoms with E-state index in [9.17, 15) is 8.42 Å². The minimum atomic E-state index is -3.60. The van der Waals surface area contributed by atoms with Gasteiger partial charge < -0.3 is 10.5 Å². The Morgan fingerprint density at radius 3 is 2.75 bits per heavy atom. The van der Waals surface area contributed by atoms with Crippen LogP contribution < -0.4 is 10.5 Å². The van der Waals surface area contributed by atoms with Crippen molar-refractivity contribution in [1.29, 1.82) is 0 Å². The monoisotopic (exact) mass is 303 g/mol. The predicted octanol–water partition coefficient (Wildman–Crippen LogP) is -0.904. The lowest BCUT2D eigenvalue weighted by Gasteiger charge is -2.26. The van der Waals surface area contributed by atoms with Gasteiger partial charge in [0.2, 0.25) is 10.0 Å². The molecule has 1 aliphatic rings. The number of nitrogens with two attached hydrogens (primary N) is 1. The van der Waals surface area contributed by atoms with Gasteiger partial charge in [0.1, 0.15) is 4.90 Å². The zero-order chi connectivity index (χ0) is 14.6. The van der Waals surface area contributed by atoms with Gasteiger partial charge in [-0.15, -0.1) is 0 Å². The lowest BCUT2D eigenvalue weighted by atomic mass is 10.4. The molecule has 1 fully saturated rings. The smallest absolute Gasteiger partial charge is 0.245 e. The largest absolute Gasteiger partial charge is 0.381 e. The first-order valence-electron chi connectivity index (χ1n) is 6.65. The van der Waals surface area contributed by atoms with Crippen LogP contribution in [0.3, 0.4) is 0 Å². The first-order chi connectivity index (χ1) is 9.53. The predicted molar refractivity (Wildman–Crippen MR) is 74.8 cm³/mol. The van der Waals surface area contributed by atoms with E-state index in [1.807, 2.05) is 6.92 Å². The maximum absolute atomic E-state index is 12.1. The SMILES string of the molecule is CCn1cc(S(=O)(=O)NCCN2CCOCC2)c(N)n1. The van der Waals surface area contributed by atoms with Crippen molar-refractivity contribution in [2.45, 2.75) is 18.4 Å². The Hall–Kier alpha value is -1.16. The van der Waals surface area contributed by atoms with E-state index in [1.165, 1.54) is 10.9 Å². The molecule has 0 saturated carbocycles. The minimum absolute atomic E-state index is 0.0331. The second kappa shape index (κ2) is 6.53. The molecule has 114 valence electrons. The highest BCUT2D eigenvalue weighted by Gasteiger charge is 2.21. The van der Waals surface area contributed by atoms with Crippen molar-refractivity contribution in [3.05, 3.63) is 6.20 Å². The third kappa shape index (κ3) is 3.69. The van der Waals surface area contributed by atoms with E-state index in [2.05, 4.69) is 14.7 Å². The molecule has 1 aromatic heterocycles. The van der Waals surface area contributed by atoms with E-state index < -0.39 is 10.0 Å². The average molecular weight is 303 g/mol. The molecule has 2 rings (SSSR count). The molecule has 0 unspecified atom stereocenters. The molecule has 0 radical (unpaired) electrons. The van der Waals surface area contributed by atoms with Crippen molar-refractivity contribution in [1.82, 2.24) is 19.4 Å². The summed E-state index contributed by atoms with van der Waals surface area (Å²) >= 11 is 0. The van der Waals surface area contributed by atoms with Crippen molar-refractivity contribution in [2.24, 2.45) is 0 Å². The zero-order valence-corrected chi connectivity index (χ0v) is 12.4. The van der Waals surface area contributed by atoms with Crippen LogP contribution in [0.25, 0.3) is 0 Å². The van der Waals surface area contributed by atoms with E-state index in [-0.39, 0.29) is 10.7 Å². The fourth-order valence-electron chi connectivity index (χ4n) is 2.03. The number of nitrogen functional groups attached to an aromatic ring is 1. The number of ether oxygens (including phenoxy) is 1. The molecule has 0 bridgehead atoms. The molecule has 3 N–H and O–H groups in total. The van der Waals surface area contributed by atoms with Crippen molar-refractivity contribution in [3.8, 4) is 0 Å². The molecule has 1 aromatic rings. The number of aromatic nitrogens is 2. The Balaban J connectivity index is 1.91. The molecule has 1 saturated heterocycles. The Kier molecular flexibility index (Phi) is 4.97. The van der Waals surface area contributed by atoms with Crippen LogP contribution in [0, 0.1) is 0 Å². The normalized spacial score (nSPS) is 17.4. The second-order valence-corrected chi connectivity index (χ2v) is 6.32. The summed E-state index contributed by atoms with van der Waals surface area (Å²) in [6, 6.07) is 0. The van der Waals surface area contributed by atoms with Crippen LogP contribution in [0.4, 0.5) is 5.82 Å². The number of morpholine rings is 1. The molecular formula is C11H21N5O3S. The standard InChI is InChI=1S/C11H21N5O3S/c1-2-16-9-10(11(12)14-16)20(17,18)13-3-4-15-5-7-19-8-6-15/h9,13H,2-8H2,1H3,(H2,12,14). The molecule has 9 heteroatoms. The summed E-state index contributed by atoms with van der Waals surface area (Å²) in [5.74, 6) is 0.0331. The number of rotatable bonds is 6. The number of nitrogens with one attached hydrogen (secondary N) is 1. The van der Waals surface area contributed by atoms with Gasteiger partial charge in [0, 0.05) is 38.9 Å². The van der Waals surface area contributed by atoms with Crippen molar-refractivity contribution < 1.29 is 13.2 Å². The topological polar surface area (TPSA) is 102 Å². The minimum Gasteiger partial charge on any atom is -0.381 e. The Morgan fingerprint density at radius 1 is 1.45 bits per heavy atom. The summed E-state index contributed by atoms with van der Waals surface area (Å²) in [5, 5.41) is 3.94.